The van der Waals surface area contributed by atoms with Crippen molar-refractivity contribution in [3.05, 3.63) is 54.2 Å². The van der Waals surface area contributed by atoms with E-state index < -0.39 is 0 Å². The summed E-state index contributed by atoms with van der Waals surface area (Å²) in [5.41, 5.74) is 1.16. The Morgan fingerprint density at radius 1 is 1.25 bits per heavy atom. The van der Waals surface area contributed by atoms with Crippen LogP contribution in [0.15, 0.2) is 47.1 Å². The summed E-state index contributed by atoms with van der Waals surface area (Å²) in [5.74, 6) is 1.44. The fourth-order valence-corrected chi connectivity index (χ4v) is 1.97. The molecule has 0 spiro atoms. The van der Waals surface area contributed by atoms with Gasteiger partial charge in [0.05, 0.1) is 18.4 Å². The summed E-state index contributed by atoms with van der Waals surface area (Å²) in [7, 11) is 0. The molecule has 5 nitrogen and oxygen atoms in total. The van der Waals surface area contributed by atoms with Crippen LogP contribution in [0, 0.1) is 11.3 Å². The first-order chi connectivity index (χ1) is 9.76. The molecule has 0 aliphatic heterocycles. The highest BCUT2D eigenvalue weighted by Crippen LogP contribution is 2.25. The van der Waals surface area contributed by atoms with E-state index in [1.165, 1.54) is 12.4 Å². The van der Waals surface area contributed by atoms with Gasteiger partial charge >= 0.3 is 0 Å². The standard InChI is InChI=1S/C15H12N4O/c1-10(19-15-9-17-12(7-16)8-18-15)14-6-11-4-2-3-5-13(11)20-14/h2-6,8-10H,1H3,(H,18,19). The molecular weight excluding hydrogens is 252 g/mol. The lowest BCUT2D eigenvalue weighted by Gasteiger charge is -2.11. The molecule has 0 amide bonds. The van der Waals surface area contributed by atoms with Gasteiger partial charge in [-0.25, -0.2) is 9.97 Å². The molecule has 3 rings (SSSR count). The Labute approximate surface area is 115 Å². The summed E-state index contributed by atoms with van der Waals surface area (Å²) in [4.78, 5) is 8.10. The van der Waals surface area contributed by atoms with Gasteiger partial charge in [0.15, 0.2) is 5.69 Å². The molecular formula is C15H12N4O. The zero-order valence-corrected chi connectivity index (χ0v) is 10.9. The van der Waals surface area contributed by atoms with Gasteiger partial charge < -0.3 is 9.73 Å². The van der Waals surface area contributed by atoms with Crippen molar-refractivity contribution in [2.75, 3.05) is 5.32 Å². The van der Waals surface area contributed by atoms with Crippen LogP contribution < -0.4 is 5.32 Å². The van der Waals surface area contributed by atoms with Gasteiger partial charge in [-0.15, -0.1) is 0 Å². The van der Waals surface area contributed by atoms with Crippen LogP contribution in [0.3, 0.4) is 0 Å². The van der Waals surface area contributed by atoms with Gasteiger partial charge in [0.2, 0.25) is 0 Å². The number of hydrogen-bond acceptors (Lipinski definition) is 5. The summed E-state index contributed by atoms with van der Waals surface area (Å²) in [6.45, 7) is 1.98. The molecule has 20 heavy (non-hydrogen) atoms. The van der Waals surface area contributed by atoms with Crippen molar-refractivity contribution in [1.82, 2.24) is 9.97 Å². The first kappa shape index (κ1) is 12.2. The molecule has 3 aromatic rings. The van der Waals surface area contributed by atoms with E-state index in [4.69, 9.17) is 9.68 Å². The Morgan fingerprint density at radius 3 is 2.80 bits per heavy atom. The second-order valence-corrected chi connectivity index (χ2v) is 4.45. The first-order valence-electron chi connectivity index (χ1n) is 6.23. The molecule has 0 aliphatic carbocycles. The van der Waals surface area contributed by atoms with Crippen LogP contribution in [0.1, 0.15) is 24.4 Å². The van der Waals surface area contributed by atoms with Gasteiger partial charge in [-0.05, 0) is 19.1 Å². The van der Waals surface area contributed by atoms with Crippen LogP contribution in [-0.4, -0.2) is 9.97 Å². The molecule has 98 valence electrons. The van der Waals surface area contributed by atoms with Crippen molar-refractivity contribution in [1.29, 1.82) is 5.26 Å². The van der Waals surface area contributed by atoms with E-state index in [0.717, 1.165) is 16.7 Å². The maximum atomic E-state index is 8.68. The molecule has 2 aromatic heterocycles. The number of hydrogen-bond donors (Lipinski definition) is 1. The Balaban J connectivity index is 1.81. The maximum absolute atomic E-state index is 8.68. The maximum Gasteiger partial charge on any atom is 0.158 e. The smallest absolute Gasteiger partial charge is 0.158 e. The lowest BCUT2D eigenvalue weighted by Crippen LogP contribution is -2.07. The van der Waals surface area contributed by atoms with Gasteiger partial charge in [-0.3, -0.25) is 0 Å². The number of nitrogens with one attached hydrogen (secondary N) is 1. The number of anilines is 1. The number of fused-ring (bicyclic) bond motifs is 1. The number of nitrogens with zero attached hydrogens (tertiary/aromatic N) is 3. The molecule has 2 heterocycles. The topological polar surface area (TPSA) is 74.7 Å². The van der Waals surface area contributed by atoms with E-state index in [0.29, 0.717) is 11.5 Å². The summed E-state index contributed by atoms with van der Waals surface area (Å²) in [5, 5.41) is 12.9. The van der Waals surface area contributed by atoms with Crippen LogP contribution in [0.2, 0.25) is 0 Å². The number of para-hydroxylation sites is 1. The quantitative estimate of drug-likeness (QED) is 0.785. The van der Waals surface area contributed by atoms with E-state index in [9.17, 15) is 0 Å². The lowest BCUT2D eigenvalue weighted by atomic mass is 10.2. The average Bonchev–Trinajstić information content (AvgIpc) is 2.92. The Bertz CT molecular complexity index is 737. The highest BCUT2D eigenvalue weighted by Gasteiger charge is 2.11. The third-order valence-electron chi connectivity index (χ3n) is 3.00. The van der Waals surface area contributed by atoms with Crippen molar-refractivity contribution in [2.24, 2.45) is 0 Å². The summed E-state index contributed by atoms with van der Waals surface area (Å²) in [6.07, 6.45) is 2.98. The zero-order chi connectivity index (χ0) is 13.9. The molecule has 0 aliphatic rings. The van der Waals surface area contributed by atoms with Crippen molar-refractivity contribution < 1.29 is 4.42 Å². The van der Waals surface area contributed by atoms with Crippen LogP contribution in [-0.2, 0) is 0 Å². The molecule has 0 radical (unpaired) electrons. The van der Waals surface area contributed by atoms with Crippen LogP contribution in [0.25, 0.3) is 11.0 Å². The van der Waals surface area contributed by atoms with E-state index in [1.807, 2.05) is 43.3 Å². The first-order valence-corrected chi connectivity index (χ1v) is 6.23. The van der Waals surface area contributed by atoms with E-state index >= 15 is 0 Å². The molecule has 1 N–H and O–H groups in total. The van der Waals surface area contributed by atoms with Crippen LogP contribution in [0.5, 0.6) is 0 Å². The van der Waals surface area contributed by atoms with Gasteiger partial charge in [-0.2, -0.15) is 5.26 Å². The van der Waals surface area contributed by atoms with Gasteiger partial charge in [-0.1, -0.05) is 18.2 Å². The lowest BCUT2D eigenvalue weighted by molar-refractivity contribution is 0.525. The zero-order valence-electron chi connectivity index (χ0n) is 10.9. The predicted octanol–water partition coefficient (Wildman–Crippen LogP) is 3.27. The average molecular weight is 264 g/mol. The van der Waals surface area contributed by atoms with Gasteiger partial charge in [0.25, 0.3) is 0 Å². The monoisotopic (exact) mass is 264 g/mol. The SMILES string of the molecule is CC(Nc1cnc(C#N)cn1)c1cc2ccccc2o1. The molecule has 1 atom stereocenters. The minimum atomic E-state index is -0.0374. The van der Waals surface area contributed by atoms with E-state index in [-0.39, 0.29) is 6.04 Å². The Morgan fingerprint density at radius 2 is 2.10 bits per heavy atom. The van der Waals surface area contributed by atoms with Crippen LogP contribution in [0.4, 0.5) is 5.82 Å². The summed E-state index contributed by atoms with van der Waals surface area (Å²) in [6, 6.07) is 11.8. The second-order valence-electron chi connectivity index (χ2n) is 4.45. The second kappa shape index (κ2) is 5.02. The van der Waals surface area contributed by atoms with Crippen molar-refractivity contribution >= 4 is 16.8 Å². The minimum absolute atomic E-state index is 0.0374. The molecule has 0 saturated heterocycles. The summed E-state index contributed by atoms with van der Waals surface area (Å²) >= 11 is 0. The molecule has 0 saturated carbocycles. The fraction of sp³-hybridized carbons (Fsp3) is 0.133. The highest BCUT2D eigenvalue weighted by molar-refractivity contribution is 5.77. The van der Waals surface area contributed by atoms with Crippen molar-refractivity contribution in [2.45, 2.75) is 13.0 Å². The van der Waals surface area contributed by atoms with E-state index in [2.05, 4.69) is 15.3 Å². The fourth-order valence-electron chi connectivity index (χ4n) is 1.97. The Hall–Kier alpha value is -2.87. The van der Waals surface area contributed by atoms with Crippen molar-refractivity contribution in [3.63, 3.8) is 0 Å². The summed E-state index contributed by atoms with van der Waals surface area (Å²) < 4.78 is 5.78. The molecule has 1 unspecified atom stereocenters. The molecule has 0 bridgehead atoms. The number of nitriles is 1. The largest absolute Gasteiger partial charge is 0.459 e. The third kappa shape index (κ3) is 2.31. The molecule has 1 aromatic carbocycles. The number of aromatic nitrogens is 2. The van der Waals surface area contributed by atoms with Crippen molar-refractivity contribution in [3.8, 4) is 6.07 Å². The molecule has 5 heteroatoms. The number of rotatable bonds is 3. The molecule has 0 fully saturated rings. The minimum Gasteiger partial charge on any atom is -0.459 e. The van der Waals surface area contributed by atoms with Gasteiger partial charge in [0, 0.05) is 5.39 Å². The van der Waals surface area contributed by atoms with E-state index in [1.54, 1.807) is 0 Å². The van der Waals surface area contributed by atoms with Gasteiger partial charge in [0.1, 0.15) is 23.2 Å². The normalized spacial score (nSPS) is 12.0. The third-order valence-corrected chi connectivity index (χ3v) is 3.00. The van der Waals surface area contributed by atoms with Crippen LogP contribution >= 0.6 is 0 Å². The number of furan rings is 1. The Kier molecular flexibility index (Phi) is 3.05. The number of benzene rings is 1. The highest BCUT2D eigenvalue weighted by atomic mass is 16.3. The predicted molar refractivity (Wildman–Crippen MR) is 75.0 cm³/mol.